The van der Waals surface area contributed by atoms with Gasteiger partial charge in [-0.15, -0.1) is 11.8 Å². The second-order valence-electron chi connectivity index (χ2n) is 6.93. The van der Waals surface area contributed by atoms with Crippen LogP contribution in [0, 0.1) is 0 Å². The fraction of sp³-hybridized carbons (Fsp3) is 0.364. The number of aromatic nitrogens is 1. The van der Waals surface area contributed by atoms with Crippen LogP contribution in [0.3, 0.4) is 0 Å². The Bertz CT molecular complexity index is 895. The minimum atomic E-state index is 0.679. The zero-order chi connectivity index (χ0) is 17.4. The molecular formula is C22H24ClNS. The first kappa shape index (κ1) is 17.1. The predicted molar refractivity (Wildman–Crippen MR) is 110 cm³/mol. The molecule has 0 amide bonds. The molecule has 0 bridgehead atoms. The number of thioether (sulfide) groups is 1. The van der Waals surface area contributed by atoms with E-state index < -0.39 is 0 Å². The third kappa shape index (κ3) is 3.00. The Morgan fingerprint density at radius 3 is 2.68 bits per heavy atom. The van der Waals surface area contributed by atoms with Crippen LogP contribution in [0.15, 0.2) is 47.4 Å². The van der Waals surface area contributed by atoms with Gasteiger partial charge in [0.2, 0.25) is 0 Å². The number of rotatable bonds is 4. The lowest BCUT2D eigenvalue weighted by molar-refractivity contribution is 0.508. The summed E-state index contributed by atoms with van der Waals surface area (Å²) in [5.74, 6) is 0.679. The summed E-state index contributed by atoms with van der Waals surface area (Å²) in [5.41, 5.74) is 5.92. The largest absolute Gasteiger partial charge is 0.339 e. The molecular weight excluding hydrogens is 346 g/mol. The molecule has 1 atom stereocenters. The van der Waals surface area contributed by atoms with Gasteiger partial charge >= 0.3 is 0 Å². The predicted octanol–water partition coefficient (Wildman–Crippen LogP) is 6.89. The van der Waals surface area contributed by atoms with E-state index in [2.05, 4.69) is 48.1 Å². The quantitative estimate of drug-likeness (QED) is 0.453. The summed E-state index contributed by atoms with van der Waals surface area (Å²) in [4.78, 5) is 1.38. The fourth-order valence-corrected chi connectivity index (χ4v) is 5.11. The van der Waals surface area contributed by atoms with Gasteiger partial charge in [0.1, 0.15) is 0 Å². The maximum atomic E-state index is 6.09. The van der Waals surface area contributed by atoms with E-state index in [9.17, 15) is 0 Å². The van der Waals surface area contributed by atoms with Crippen molar-refractivity contribution in [1.82, 2.24) is 4.57 Å². The van der Waals surface area contributed by atoms with Crippen molar-refractivity contribution in [2.45, 2.75) is 50.0 Å². The SMILES string of the molecule is CCC1CCCc2c1n(Cc1ccc(Cl)cc1)c1c(SC)cccc21. The second kappa shape index (κ2) is 7.09. The van der Waals surface area contributed by atoms with Gasteiger partial charge in [-0.2, -0.15) is 0 Å². The monoisotopic (exact) mass is 369 g/mol. The lowest BCUT2D eigenvalue weighted by atomic mass is 9.85. The van der Waals surface area contributed by atoms with E-state index in [4.69, 9.17) is 11.6 Å². The molecule has 4 rings (SSSR count). The van der Waals surface area contributed by atoms with Crippen LogP contribution >= 0.6 is 23.4 Å². The Labute approximate surface area is 159 Å². The van der Waals surface area contributed by atoms with E-state index in [1.807, 2.05) is 23.9 Å². The van der Waals surface area contributed by atoms with Crippen LogP contribution in [0.5, 0.6) is 0 Å². The molecule has 1 aliphatic carbocycles. The summed E-state index contributed by atoms with van der Waals surface area (Å²) < 4.78 is 2.60. The van der Waals surface area contributed by atoms with Gasteiger partial charge in [-0.3, -0.25) is 0 Å². The molecule has 0 radical (unpaired) electrons. The van der Waals surface area contributed by atoms with Crippen LogP contribution in [0.4, 0.5) is 0 Å². The van der Waals surface area contributed by atoms with E-state index in [1.54, 1.807) is 11.3 Å². The maximum Gasteiger partial charge on any atom is 0.0626 e. The molecule has 130 valence electrons. The summed E-state index contributed by atoms with van der Waals surface area (Å²) in [6, 6.07) is 15.1. The van der Waals surface area contributed by atoms with Crippen LogP contribution < -0.4 is 0 Å². The van der Waals surface area contributed by atoms with Crippen molar-refractivity contribution >= 4 is 34.3 Å². The number of halogens is 1. The lowest BCUT2D eigenvalue weighted by Gasteiger charge is -2.25. The molecule has 0 fully saturated rings. The van der Waals surface area contributed by atoms with Gasteiger partial charge in [-0.1, -0.05) is 42.8 Å². The average molecular weight is 370 g/mol. The summed E-state index contributed by atoms with van der Waals surface area (Å²) in [6.45, 7) is 3.26. The zero-order valence-corrected chi connectivity index (χ0v) is 16.5. The highest BCUT2D eigenvalue weighted by atomic mass is 35.5. The Morgan fingerprint density at radius 2 is 1.96 bits per heavy atom. The second-order valence-corrected chi connectivity index (χ2v) is 8.21. The molecule has 3 heteroatoms. The van der Waals surface area contributed by atoms with Crippen LogP contribution in [0.1, 0.15) is 48.9 Å². The Balaban J connectivity index is 1.95. The minimum Gasteiger partial charge on any atom is -0.339 e. The normalized spacial score (nSPS) is 17.0. The molecule has 3 aromatic rings. The van der Waals surface area contributed by atoms with Crippen molar-refractivity contribution in [3.8, 4) is 0 Å². The van der Waals surface area contributed by atoms with Gasteiger partial charge in [0.25, 0.3) is 0 Å². The topological polar surface area (TPSA) is 4.93 Å². The summed E-state index contributed by atoms with van der Waals surface area (Å²) in [5, 5.41) is 2.27. The number of aryl methyl sites for hydroxylation is 1. The highest BCUT2D eigenvalue weighted by Gasteiger charge is 2.27. The third-order valence-corrected chi connectivity index (χ3v) is 6.55. The van der Waals surface area contributed by atoms with Crippen LogP contribution in [-0.2, 0) is 13.0 Å². The first-order valence-corrected chi connectivity index (χ1v) is 10.8. The average Bonchev–Trinajstić information content (AvgIpc) is 2.98. The van der Waals surface area contributed by atoms with Gasteiger partial charge in [-0.05, 0) is 67.2 Å². The third-order valence-electron chi connectivity index (χ3n) is 5.53. The van der Waals surface area contributed by atoms with Crippen molar-refractivity contribution in [1.29, 1.82) is 0 Å². The Kier molecular flexibility index (Phi) is 4.84. The van der Waals surface area contributed by atoms with Crippen LogP contribution in [-0.4, -0.2) is 10.8 Å². The number of fused-ring (bicyclic) bond motifs is 3. The number of para-hydroxylation sites is 1. The molecule has 0 aliphatic heterocycles. The summed E-state index contributed by atoms with van der Waals surface area (Å²) in [6.07, 6.45) is 7.25. The number of hydrogen-bond acceptors (Lipinski definition) is 1. The molecule has 0 saturated heterocycles. The Morgan fingerprint density at radius 1 is 1.16 bits per heavy atom. The fourth-order valence-electron chi connectivity index (χ4n) is 4.36. The van der Waals surface area contributed by atoms with Crippen molar-refractivity contribution in [2.75, 3.05) is 6.26 Å². The van der Waals surface area contributed by atoms with Gasteiger partial charge in [0, 0.05) is 27.5 Å². The molecule has 0 saturated carbocycles. The van der Waals surface area contributed by atoms with Gasteiger partial charge in [0.15, 0.2) is 0 Å². The molecule has 25 heavy (non-hydrogen) atoms. The van der Waals surface area contributed by atoms with E-state index in [0.29, 0.717) is 5.92 Å². The molecule has 0 spiro atoms. The lowest BCUT2D eigenvalue weighted by Crippen LogP contribution is -2.14. The highest BCUT2D eigenvalue weighted by molar-refractivity contribution is 7.98. The first-order chi connectivity index (χ1) is 12.2. The molecule has 1 heterocycles. The molecule has 1 aromatic heterocycles. The molecule has 1 nitrogen and oxygen atoms in total. The zero-order valence-electron chi connectivity index (χ0n) is 14.9. The van der Waals surface area contributed by atoms with Crippen molar-refractivity contribution in [3.63, 3.8) is 0 Å². The molecule has 1 aliphatic rings. The number of nitrogens with zero attached hydrogens (tertiary/aromatic N) is 1. The molecule has 1 unspecified atom stereocenters. The van der Waals surface area contributed by atoms with E-state index in [1.165, 1.54) is 47.0 Å². The van der Waals surface area contributed by atoms with Gasteiger partial charge in [0.05, 0.1) is 5.52 Å². The van der Waals surface area contributed by atoms with Crippen molar-refractivity contribution in [3.05, 3.63) is 64.3 Å². The van der Waals surface area contributed by atoms with E-state index >= 15 is 0 Å². The smallest absolute Gasteiger partial charge is 0.0626 e. The Hall–Kier alpha value is -1.38. The van der Waals surface area contributed by atoms with Gasteiger partial charge < -0.3 is 4.57 Å². The first-order valence-electron chi connectivity index (χ1n) is 9.15. The summed E-state index contributed by atoms with van der Waals surface area (Å²) in [7, 11) is 0. The standard InChI is InChI=1S/C22H24ClNS/c1-3-16-6-4-7-18-19-8-5-9-20(25-2)22(19)24(21(16)18)14-15-10-12-17(23)13-11-15/h5,8-13,16H,3-4,6-7,14H2,1-2H3. The van der Waals surface area contributed by atoms with E-state index in [0.717, 1.165) is 11.6 Å². The number of hydrogen-bond donors (Lipinski definition) is 0. The molecule has 2 aromatic carbocycles. The summed E-state index contributed by atoms with van der Waals surface area (Å²) >= 11 is 7.94. The maximum absolute atomic E-state index is 6.09. The van der Waals surface area contributed by atoms with Crippen molar-refractivity contribution < 1.29 is 0 Å². The van der Waals surface area contributed by atoms with Crippen LogP contribution in [0.2, 0.25) is 5.02 Å². The minimum absolute atomic E-state index is 0.679. The van der Waals surface area contributed by atoms with Crippen molar-refractivity contribution in [2.24, 2.45) is 0 Å². The van der Waals surface area contributed by atoms with Crippen LogP contribution in [0.25, 0.3) is 10.9 Å². The number of benzene rings is 2. The molecule has 0 N–H and O–H groups in total. The van der Waals surface area contributed by atoms with E-state index in [-0.39, 0.29) is 0 Å². The highest BCUT2D eigenvalue weighted by Crippen LogP contribution is 2.42. The van der Waals surface area contributed by atoms with Gasteiger partial charge in [-0.25, -0.2) is 0 Å².